The molecular weight excluding hydrogens is 360 g/mol. The molecule has 0 saturated carbocycles. The molecule has 0 amide bonds. The molecule has 2 aromatic rings. The van der Waals surface area contributed by atoms with Crippen LogP contribution in [-0.2, 0) is 5.75 Å². The number of halogens is 1. The van der Waals surface area contributed by atoms with E-state index in [1.54, 1.807) is 12.1 Å². The highest BCUT2D eigenvalue weighted by atomic mass is 79.9. The van der Waals surface area contributed by atoms with Gasteiger partial charge < -0.3 is 5.11 Å². The summed E-state index contributed by atoms with van der Waals surface area (Å²) in [5.41, 5.74) is 0.585. The number of carbonyl (C=O) groups is 1. The lowest BCUT2D eigenvalue weighted by Gasteiger charge is -2.05. The molecule has 1 heterocycles. The molecule has 0 spiro atoms. The summed E-state index contributed by atoms with van der Waals surface area (Å²) in [6.45, 7) is 0. The third-order valence-electron chi connectivity index (χ3n) is 2.61. The molecule has 0 aliphatic heterocycles. The number of benzene rings is 1. The van der Waals surface area contributed by atoms with Crippen LogP contribution >= 0.6 is 27.7 Å². The minimum atomic E-state index is -1.07. The number of hydrogen-bond acceptors (Lipinski definition) is 5. The Morgan fingerprint density at radius 1 is 1.43 bits per heavy atom. The maximum atomic E-state index is 11.1. The van der Waals surface area contributed by atoms with E-state index in [9.17, 15) is 14.9 Å². The minimum Gasteiger partial charge on any atom is -0.478 e. The summed E-state index contributed by atoms with van der Waals surface area (Å²) in [6, 6.07) is 7.76. The van der Waals surface area contributed by atoms with Crippen molar-refractivity contribution in [3.05, 3.63) is 62.2 Å². The molecule has 8 heteroatoms. The Hall–Kier alpha value is -1.93. The van der Waals surface area contributed by atoms with Gasteiger partial charge in [0.1, 0.15) is 5.03 Å². The molecule has 1 aromatic carbocycles. The maximum Gasteiger partial charge on any atom is 0.338 e. The molecule has 108 valence electrons. The normalized spacial score (nSPS) is 10.3. The van der Waals surface area contributed by atoms with E-state index in [4.69, 9.17) is 5.11 Å². The summed E-state index contributed by atoms with van der Waals surface area (Å²) >= 11 is 4.34. The number of nitro groups is 1. The number of pyridine rings is 1. The van der Waals surface area contributed by atoms with Crippen LogP contribution < -0.4 is 0 Å². The molecule has 21 heavy (non-hydrogen) atoms. The van der Waals surface area contributed by atoms with Gasteiger partial charge in [-0.1, -0.05) is 22.0 Å². The highest BCUT2D eigenvalue weighted by Crippen LogP contribution is 2.30. The van der Waals surface area contributed by atoms with E-state index in [0.717, 1.165) is 11.8 Å². The highest BCUT2D eigenvalue weighted by Gasteiger charge is 2.16. The lowest BCUT2D eigenvalue weighted by atomic mass is 10.2. The van der Waals surface area contributed by atoms with Crippen molar-refractivity contribution in [3.8, 4) is 0 Å². The predicted molar refractivity (Wildman–Crippen MR) is 81.6 cm³/mol. The van der Waals surface area contributed by atoms with E-state index in [1.807, 2.05) is 0 Å². The number of carboxylic acid groups (broad SMARTS) is 1. The molecule has 0 aliphatic rings. The Kier molecular flexibility index (Phi) is 4.92. The fraction of sp³-hybridized carbons (Fsp3) is 0.0769. The summed E-state index contributed by atoms with van der Waals surface area (Å²) in [7, 11) is 0. The third-order valence-corrected chi connectivity index (χ3v) is 4.16. The Morgan fingerprint density at radius 3 is 2.86 bits per heavy atom. The average Bonchev–Trinajstić information content (AvgIpc) is 2.46. The number of thioether (sulfide) groups is 1. The summed E-state index contributed by atoms with van der Waals surface area (Å²) < 4.78 is 0.618. The number of aromatic nitrogens is 1. The Bertz CT molecular complexity index is 708. The first kappa shape index (κ1) is 15.5. The Labute approximate surface area is 132 Å². The van der Waals surface area contributed by atoms with E-state index >= 15 is 0 Å². The Morgan fingerprint density at radius 2 is 2.19 bits per heavy atom. The summed E-state index contributed by atoms with van der Waals surface area (Å²) in [5, 5.41) is 20.4. The first-order valence-electron chi connectivity index (χ1n) is 5.73. The van der Waals surface area contributed by atoms with E-state index in [1.165, 1.54) is 24.4 Å². The van der Waals surface area contributed by atoms with Gasteiger partial charge in [0.2, 0.25) is 0 Å². The second-order valence-electron chi connectivity index (χ2n) is 3.98. The van der Waals surface area contributed by atoms with Gasteiger partial charge in [-0.3, -0.25) is 10.1 Å². The monoisotopic (exact) mass is 368 g/mol. The quantitative estimate of drug-likeness (QED) is 0.490. The number of hydrogen-bond donors (Lipinski definition) is 1. The number of carboxylic acids is 1. The SMILES string of the molecule is O=C(O)c1cccnc1SCc1ccc(Br)cc1[N+](=O)[O-]. The van der Waals surface area contributed by atoms with Crippen LogP contribution in [0, 0.1) is 10.1 Å². The highest BCUT2D eigenvalue weighted by molar-refractivity contribution is 9.10. The van der Waals surface area contributed by atoms with Crippen molar-refractivity contribution in [1.29, 1.82) is 0 Å². The topological polar surface area (TPSA) is 93.3 Å². The van der Waals surface area contributed by atoms with Crippen LogP contribution in [0.1, 0.15) is 15.9 Å². The maximum absolute atomic E-state index is 11.1. The first-order chi connectivity index (χ1) is 9.99. The second kappa shape index (κ2) is 6.68. The molecule has 0 unspecified atom stereocenters. The van der Waals surface area contributed by atoms with Gasteiger partial charge >= 0.3 is 5.97 Å². The number of nitro benzene ring substituents is 1. The van der Waals surface area contributed by atoms with E-state index < -0.39 is 10.9 Å². The van der Waals surface area contributed by atoms with E-state index in [-0.39, 0.29) is 17.0 Å². The van der Waals surface area contributed by atoms with E-state index in [2.05, 4.69) is 20.9 Å². The van der Waals surface area contributed by atoms with Gasteiger partial charge in [-0.2, -0.15) is 0 Å². The minimum absolute atomic E-state index is 0.00955. The van der Waals surface area contributed by atoms with Crippen LogP contribution in [-0.4, -0.2) is 21.0 Å². The van der Waals surface area contributed by atoms with Crippen LogP contribution in [0.5, 0.6) is 0 Å². The molecule has 2 rings (SSSR count). The van der Waals surface area contributed by atoms with Crippen molar-refractivity contribution in [3.63, 3.8) is 0 Å². The summed E-state index contributed by atoms with van der Waals surface area (Å²) in [5.74, 6) is -0.808. The molecule has 0 atom stereocenters. The van der Waals surface area contributed by atoms with Crippen LogP contribution in [0.3, 0.4) is 0 Å². The number of rotatable bonds is 5. The standard InChI is InChI=1S/C13H9BrN2O4S/c14-9-4-3-8(11(6-9)16(19)20)7-21-12-10(13(17)18)2-1-5-15-12/h1-6H,7H2,(H,17,18). The lowest BCUT2D eigenvalue weighted by Crippen LogP contribution is -2.01. The van der Waals surface area contributed by atoms with Gasteiger partial charge in [-0.15, -0.1) is 11.8 Å². The molecule has 0 saturated heterocycles. The average molecular weight is 369 g/mol. The zero-order chi connectivity index (χ0) is 15.4. The molecule has 1 N–H and O–H groups in total. The molecule has 6 nitrogen and oxygen atoms in total. The van der Waals surface area contributed by atoms with Crippen molar-refractivity contribution in [2.75, 3.05) is 0 Å². The smallest absolute Gasteiger partial charge is 0.338 e. The lowest BCUT2D eigenvalue weighted by molar-refractivity contribution is -0.385. The van der Waals surface area contributed by atoms with E-state index in [0.29, 0.717) is 15.1 Å². The van der Waals surface area contributed by atoms with Crippen molar-refractivity contribution in [2.45, 2.75) is 10.8 Å². The fourth-order valence-corrected chi connectivity index (χ4v) is 2.98. The number of nitrogens with zero attached hydrogens (tertiary/aromatic N) is 2. The van der Waals surface area contributed by atoms with Crippen molar-refractivity contribution in [2.24, 2.45) is 0 Å². The van der Waals surface area contributed by atoms with Gasteiger partial charge in [-0.25, -0.2) is 9.78 Å². The Balaban J connectivity index is 2.25. The fourth-order valence-electron chi connectivity index (χ4n) is 1.64. The van der Waals surface area contributed by atoms with Gasteiger partial charge in [0.25, 0.3) is 5.69 Å². The van der Waals surface area contributed by atoms with Gasteiger partial charge in [0, 0.05) is 28.1 Å². The summed E-state index contributed by atoms with van der Waals surface area (Å²) in [6.07, 6.45) is 1.49. The van der Waals surface area contributed by atoms with Crippen molar-refractivity contribution < 1.29 is 14.8 Å². The first-order valence-corrected chi connectivity index (χ1v) is 7.51. The molecule has 0 radical (unpaired) electrons. The van der Waals surface area contributed by atoms with Crippen LogP contribution in [0.2, 0.25) is 0 Å². The number of aromatic carboxylic acids is 1. The zero-order valence-electron chi connectivity index (χ0n) is 10.5. The third kappa shape index (κ3) is 3.79. The van der Waals surface area contributed by atoms with Crippen LogP contribution in [0.15, 0.2) is 46.0 Å². The molecule has 1 aromatic heterocycles. The largest absolute Gasteiger partial charge is 0.478 e. The van der Waals surface area contributed by atoms with Gasteiger partial charge in [0.05, 0.1) is 10.5 Å². The van der Waals surface area contributed by atoms with Crippen molar-refractivity contribution in [1.82, 2.24) is 4.98 Å². The molecular formula is C13H9BrN2O4S. The second-order valence-corrected chi connectivity index (χ2v) is 5.86. The van der Waals surface area contributed by atoms with Crippen molar-refractivity contribution >= 4 is 39.3 Å². The van der Waals surface area contributed by atoms with Crippen LogP contribution in [0.4, 0.5) is 5.69 Å². The van der Waals surface area contributed by atoms with Gasteiger partial charge in [-0.05, 0) is 18.2 Å². The molecule has 0 aliphatic carbocycles. The molecule has 0 fully saturated rings. The van der Waals surface area contributed by atoms with Crippen LogP contribution in [0.25, 0.3) is 0 Å². The zero-order valence-corrected chi connectivity index (χ0v) is 12.9. The molecule has 0 bridgehead atoms. The predicted octanol–water partition coefficient (Wildman–Crippen LogP) is 3.74. The summed E-state index contributed by atoms with van der Waals surface area (Å²) in [4.78, 5) is 25.7. The van der Waals surface area contributed by atoms with Gasteiger partial charge in [0.15, 0.2) is 0 Å².